The lowest BCUT2D eigenvalue weighted by Gasteiger charge is -2.11. The predicted octanol–water partition coefficient (Wildman–Crippen LogP) is 3.29. The van der Waals surface area contributed by atoms with E-state index in [0.717, 1.165) is 23.9 Å². The third-order valence-electron chi connectivity index (χ3n) is 2.44. The van der Waals surface area contributed by atoms with Gasteiger partial charge >= 0.3 is 12.1 Å². The molecular weight excluding hydrogens is 293 g/mol. The van der Waals surface area contributed by atoms with Crippen molar-refractivity contribution in [2.75, 3.05) is 0 Å². The molecule has 0 saturated carbocycles. The number of alkyl halides is 3. The molecule has 2 rings (SSSR count). The van der Waals surface area contributed by atoms with Gasteiger partial charge in [-0.05, 0) is 18.2 Å². The first-order valence-corrected chi connectivity index (χ1v) is 6.20. The van der Waals surface area contributed by atoms with Gasteiger partial charge in [-0.25, -0.2) is 4.79 Å². The van der Waals surface area contributed by atoms with Crippen LogP contribution in [0, 0.1) is 0 Å². The van der Waals surface area contributed by atoms with Crippen molar-refractivity contribution in [2.45, 2.75) is 16.0 Å². The molecular formula is C12H9F3N2O2S. The number of carbonyl (C=O) groups is 1. The maximum Gasteiger partial charge on any atom is 0.417 e. The predicted molar refractivity (Wildman–Crippen MR) is 65.7 cm³/mol. The second kappa shape index (κ2) is 5.20. The first-order chi connectivity index (χ1) is 9.27. The molecule has 0 saturated heterocycles. The Morgan fingerprint density at radius 3 is 2.55 bits per heavy atom. The van der Waals surface area contributed by atoms with Crippen molar-refractivity contribution in [2.24, 2.45) is 7.05 Å². The molecule has 0 radical (unpaired) electrons. The summed E-state index contributed by atoms with van der Waals surface area (Å²) in [6.45, 7) is 0. The van der Waals surface area contributed by atoms with E-state index in [1.807, 2.05) is 0 Å². The summed E-state index contributed by atoms with van der Waals surface area (Å²) in [5.74, 6) is -1.60. The van der Waals surface area contributed by atoms with Gasteiger partial charge in [0, 0.05) is 18.1 Å². The molecule has 1 aromatic carbocycles. The second-order valence-corrected chi connectivity index (χ2v) is 5.11. The third kappa shape index (κ3) is 3.13. The number of aromatic nitrogens is 2. The van der Waals surface area contributed by atoms with E-state index in [-0.39, 0.29) is 0 Å². The van der Waals surface area contributed by atoms with Crippen molar-refractivity contribution in [3.05, 3.63) is 41.7 Å². The van der Waals surface area contributed by atoms with Gasteiger partial charge in [-0.3, -0.25) is 4.68 Å². The zero-order chi connectivity index (χ0) is 14.9. The van der Waals surface area contributed by atoms with Crippen LogP contribution in [0.2, 0.25) is 0 Å². The fraction of sp³-hybridized carbons (Fsp3) is 0.167. The van der Waals surface area contributed by atoms with Crippen LogP contribution in [0.25, 0.3) is 0 Å². The van der Waals surface area contributed by atoms with Crippen molar-refractivity contribution in [1.82, 2.24) is 9.78 Å². The van der Waals surface area contributed by atoms with Crippen LogP contribution in [0.15, 0.2) is 40.4 Å². The van der Waals surface area contributed by atoms with Crippen molar-refractivity contribution >= 4 is 17.7 Å². The maximum absolute atomic E-state index is 12.8. The standard InChI is InChI=1S/C12H9F3N2O2S/c1-17-6-8(5-16-17)20-7-2-3-9(11(18)19)10(4-7)12(13,14)15/h2-6H,1H3,(H,18,19). The van der Waals surface area contributed by atoms with Crippen LogP contribution in [-0.2, 0) is 13.2 Å². The largest absolute Gasteiger partial charge is 0.478 e. The van der Waals surface area contributed by atoms with Gasteiger partial charge in [-0.15, -0.1) is 0 Å². The highest BCUT2D eigenvalue weighted by atomic mass is 32.2. The Kier molecular flexibility index (Phi) is 3.76. The number of halogens is 3. The monoisotopic (exact) mass is 302 g/mol. The fourth-order valence-electron chi connectivity index (χ4n) is 1.60. The lowest BCUT2D eigenvalue weighted by atomic mass is 10.1. The number of hydrogen-bond acceptors (Lipinski definition) is 3. The second-order valence-electron chi connectivity index (χ2n) is 3.96. The Morgan fingerprint density at radius 2 is 2.05 bits per heavy atom. The molecule has 1 N–H and O–H groups in total. The smallest absolute Gasteiger partial charge is 0.417 e. The highest BCUT2D eigenvalue weighted by molar-refractivity contribution is 7.99. The van der Waals surface area contributed by atoms with E-state index in [4.69, 9.17) is 5.11 Å². The van der Waals surface area contributed by atoms with E-state index in [9.17, 15) is 18.0 Å². The normalized spacial score (nSPS) is 11.6. The topological polar surface area (TPSA) is 55.1 Å². The molecule has 0 fully saturated rings. The SMILES string of the molecule is Cn1cc(Sc2ccc(C(=O)O)c(C(F)(F)F)c2)cn1. The van der Waals surface area contributed by atoms with E-state index in [1.54, 1.807) is 13.2 Å². The zero-order valence-electron chi connectivity index (χ0n) is 10.2. The number of aryl methyl sites for hydroxylation is 1. The lowest BCUT2D eigenvalue weighted by Crippen LogP contribution is -2.12. The van der Waals surface area contributed by atoms with Gasteiger partial charge in [-0.2, -0.15) is 18.3 Å². The third-order valence-corrected chi connectivity index (χ3v) is 3.38. The molecule has 0 aliphatic heterocycles. The number of nitrogens with zero attached hydrogens (tertiary/aromatic N) is 2. The number of carboxylic acids is 1. The molecule has 0 atom stereocenters. The summed E-state index contributed by atoms with van der Waals surface area (Å²) in [4.78, 5) is 11.8. The molecule has 1 heterocycles. The van der Waals surface area contributed by atoms with E-state index >= 15 is 0 Å². The van der Waals surface area contributed by atoms with E-state index in [0.29, 0.717) is 9.79 Å². The molecule has 0 amide bonds. The van der Waals surface area contributed by atoms with Crippen molar-refractivity contribution < 1.29 is 23.1 Å². The molecule has 0 bridgehead atoms. The van der Waals surface area contributed by atoms with Gasteiger partial charge in [0.25, 0.3) is 0 Å². The van der Waals surface area contributed by atoms with E-state index < -0.39 is 23.3 Å². The zero-order valence-corrected chi connectivity index (χ0v) is 11.0. The highest BCUT2D eigenvalue weighted by Gasteiger charge is 2.35. The minimum Gasteiger partial charge on any atom is -0.478 e. The molecule has 0 spiro atoms. The Morgan fingerprint density at radius 1 is 1.35 bits per heavy atom. The van der Waals surface area contributed by atoms with Crippen LogP contribution in [0.4, 0.5) is 13.2 Å². The summed E-state index contributed by atoms with van der Waals surface area (Å²) in [6.07, 6.45) is -1.54. The van der Waals surface area contributed by atoms with Crippen molar-refractivity contribution in [1.29, 1.82) is 0 Å². The van der Waals surface area contributed by atoms with Crippen LogP contribution in [0.5, 0.6) is 0 Å². The van der Waals surface area contributed by atoms with Gasteiger partial charge in [0.1, 0.15) is 0 Å². The van der Waals surface area contributed by atoms with Crippen LogP contribution in [0.1, 0.15) is 15.9 Å². The first-order valence-electron chi connectivity index (χ1n) is 5.38. The van der Waals surface area contributed by atoms with Crippen molar-refractivity contribution in [3.63, 3.8) is 0 Å². The number of aromatic carboxylic acids is 1. The molecule has 0 aliphatic rings. The number of carboxylic acid groups (broad SMARTS) is 1. The minimum absolute atomic E-state index is 0.301. The molecule has 2 aromatic rings. The molecule has 8 heteroatoms. The van der Waals surface area contributed by atoms with Gasteiger partial charge in [0.2, 0.25) is 0 Å². The van der Waals surface area contributed by atoms with E-state index in [1.165, 1.54) is 16.9 Å². The number of benzene rings is 1. The summed E-state index contributed by atoms with van der Waals surface area (Å²) in [5, 5.41) is 12.7. The minimum atomic E-state index is -4.71. The Balaban J connectivity index is 2.39. The van der Waals surface area contributed by atoms with Crippen molar-refractivity contribution in [3.8, 4) is 0 Å². The number of hydrogen-bond donors (Lipinski definition) is 1. The lowest BCUT2D eigenvalue weighted by molar-refractivity contribution is -0.138. The van der Waals surface area contributed by atoms with Gasteiger partial charge in [0.05, 0.1) is 22.2 Å². The molecule has 20 heavy (non-hydrogen) atoms. The Labute approximate surface area is 116 Å². The summed E-state index contributed by atoms with van der Waals surface area (Å²) in [5.41, 5.74) is -1.91. The molecule has 0 aliphatic carbocycles. The Hall–Kier alpha value is -1.96. The molecule has 1 aromatic heterocycles. The summed E-state index contributed by atoms with van der Waals surface area (Å²) in [7, 11) is 1.69. The first kappa shape index (κ1) is 14.4. The Bertz CT molecular complexity index is 652. The fourth-order valence-corrected chi connectivity index (χ4v) is 2.49. The van der Waals surface area contributed by atoms with Crippen LogP contribution in [0.3, 0.4) is 0 Å². The molecule has 4 nitrogen and oxygen atoms in total. The number of rotatable bonds is 3. The average Bonchev–Trinajstić information content (AvgIpc) is 2.73. The summed E-state index contributed by atoms with van der Waals surface area (Å²) < 4.78 is 40.1. The molecule has 106 valence electrons. The van der Waals surface area contributed by atoms with Crippen LogP contribution in [-0.4, -0.2) is 20.9 Å². The van der Waals surface area contributed by atoms with E-state index in [2.05, 4.69) is 5.10 Å². The maximum atomic E-state index is 12.8. The van der Waals surface area contributed by atoms with Crippen LogP contribution < -0.4 is 0 Å². The van der Waals surface area contributed by atoms with Gasteiger partial charge in [-0.1, -0.05) is 11.8 Å². The van der Waals surface area contributed by atoms with Gasteiger partial charge in [0.15, 0.2) is 0 Å². The summed E-state index contributed by atoms with van der Waals surface area (Å²) in [6, 6.07) is 3.14. The highest BCUT2D eigenvalue weighted by Crippen LogP contribution is 2.36. The average molecular weight is 302 g/mol. The quantitative estimate of drug-likeness (QED) is 0.945. The summed E-state index contributed by atoms with van der Waals surface area (Å²) >= 11 is 1.08. The molecule has 0 unspecified atom stereocenters. The van der Waals surface area contributed by atoms with Gasteiger partial charge < -0.3 is 5.11 Å². The van der Waals surface area contributed by atoms with Crippen LogP contribution >= 0.6 is 11.8 Å².